The van der Waals surface area contributed by atoms with Crippen molar-refractivity contribution >= 4 is 11.6 Å². The summed E-state index contributed by atoms with van der Waals surface area (Å²) in [5, 5.41) is 4.28. The van der Waals surface area contributed by atoms with Crippen molar-refractivity contribution in [1.29, 1.82) is 0 Å². The van der Waals surface area contributed by atoms with E-state index in [4.69, 9.17) is 11.6 Å². The van der Waals surface area contributed by atoms with Crippen molar-refractivity contribution in [1.82, 2.24) is 5.32 Å². The highest BCUT2D eigenvalue weighted by atomic mass is 35.5. The van der Waals surface area contributed by atoms with E-state index in [-0.39, 0.29) is 0 Å². The van der Waals surface area contributed by atoms with Crippen LogP contribution in [0.1, 0.15) is 22.3 Å². The molecule has 0 atom stereocenters. The van der Waals surface area contributed by atoms with Gasteiger partial charge in [-0.25, -0.2) is 0 Å². The van der Waals surface area contributed by atoms with Crippen molar-refractivity contribution in [3.05, 3.63) is 69.7 Å². The van der Waals surface area contributed by atoms with Gasteiger partial charge < -0.3 is 5.32 Å². The first-order valence-corrected chi connectivity index (χ1v) is 7.04. The molecule has 2 aromatic rings. The van der Waals surface area contributed by atoms with Gasteiger partial charge in [0.1, 0.15) is 0 Å². The molecule has 0 saturated heterocycles. The van der Waals surface area contributed by atoms with Crippen molar-refractivity contribution in [2.45, 2.75) is 26.8 Å². The lowest BCUT2D eigenvalue weighted by molar-refractivity contribution is 0.686. The highest BCUT2D eigenvalue weighted by molar-refractivity contribution is 6.30. The quantitative estimate of drug-likeness (QED) is 0.802. The molecule has 0 aromatic heterocycles. The van der Waals surface area contributed by atoms with Crippen LogP contribution in [0.3, 0.4) is 0 Å². The lowest BCUT2D eigenvalue weighted by Crippen LogP contribution is -2.16. The van der Waals surface area contributed by atoms with Gasteiger partial charge in [0.05, 0.1) is 0 Å². The van der Waals surface area contributed by atoms with Crippen LogP contribution in [0, 0.1) is 13.8 Å². The average molecular weight is 274 g/mol. The Balaban J connectivity index is 1.77. The fourth-order valence-electron chi connectivity index (χ4n) is 2.03. The summed E-state index contributed by atoms with van der Waals surface area (Å²) in [6.07, 6.45) is 1.03. The van der Waals surface area contributed by atoms with E-state index in [2.05, 4.69) is 49.5 Å². The number of hydrogen-bond donors (Lipinski definition) is 1. The van der Waals surface area contributed by atoms with Crippen molar-refractivity contribution in [2.75, 3.05) is 6.54 Å². The van der Waals surface area contributed by atoms with Crippen LogP contribution in [0.25, 0.3) is 0 Å². The molecule has 0 spiro atoms. The summed E-state index contributed by atoms with van der Waals surface area (Å²) in [5.74, 6) is 0. The minimum atomic E-state index is 0.798. The summed E-state index contributed by atoms with van der Waals surface area (Å²) in [4.78, 5) is 0. The van der Waals surface area contributed by atoms with Gasteiger partial charge in [0.25, 0.3) is 0 Å². The van der Waals surface area contributed by atoms with Gasteiger partial charge in [-0.1, -0.05) is 41.9 Å². The van der Waals surface area contributed by atoms with E-state index in [9.17, 15) is 0 Å². The number of benzene rings is 2. The molecule has 1 N–H and O–H groups in total. The largest absolute Gasteiger partial charge is 0.312 e. The maximum absolute atomic E-state index is 5.86. The lowest BCUT2D eigenvalue weighted by Gasteiger charge is -2.07. The molecule has 0 aliphatic heterocycles. The standard InChI is InChI=1S/C17H20ClN/c1-13-3-4-16(11-14(13)2)12-19-10-9-15-5-7-17(18)8-6-15/h3-8,11,19H,9-10,12H2,1-2H3. The fraction of sp³-hybridized carbons (Fsp3) is 0.294. The van der Waals surface area contributed by atoms with E-state index in [0.29, 0.717) is 0 Å². The SMILES string of the molecule is Cc1ccc(CNCCc2ccc(Cl)cc2)cc1C. The molecule has 1 nitrogen and oxygen atoms in total. The van der Waals surface area contributed by atoms with Crippen molar-refractivity contribution in [3.63, 3.8) is 0 Å². The third-order valence-electron chi connectivity index (χ3n) is 3.40. The van der Waals surface area contributed by atoms with E-state index >= 15 is 0 Å². The van der Waals surface area contributed by atoms with Gasteiger partial charge >= 0.3 is 0 Å². The van der Waals surface area contributed by atoms with Gasteiger partial charge in [-0.2, -0.15) is 0 Å². The zero-order valence-corrected chi connectivity index (χ0v) is 12.3. The molecule has 0 unspecified atom stereocenters. The zero-order chi connectivity index (χ0) is 13.7. The molecule has 19 heavy (non-hydrogen) atoms. The predicted molar refractivity (Wildman–Crippen MR) is 82.8 cm³/mol. The van der Waals surface area contributed by atoms with Crippen LogP contribution < -0.4 is 5.32 Å². The molecular weight excluding hydrogens is 254 g/mol. The summed E-state index contributed by atoms with van der Waals surface area (Å²) < 4.78 is 0. The number of rotatable bonds is 5. The number of halogens is 1. The van der Waals surface area contributed by atoms with E-state index in [0.717, 1.165) is 24.5 Å². The van der Waals surface area contributed by atoms with Gasteiger partial charge in [0, 0.05) is 11.6 Å². The molecule has 0 saturated carbocycles. The van der Waals surface area contributed by atoms with Crippen molar-refractivity contribution in [2.24, 2.45) is 0 Å². The highest BCUT2D eigenvalue weighted by Crippen LogP contribution is 2.11. The van der Waals surface area contributed by atoms with Crippen molar-refractivity contribution in [3.8, 4) is 0 Å². The fourth-order valence-corrected chi connectivity index (χ4v) is 2.16. The summed E-state index contributed by atoms with van der Waals surface area (Å²) in [6, 6.07) is 14.7. The molecule has 2 heteroatoms. The van der Waals surface area contributed by atoms with Crippen LogP contribution in [-0.4, -0.2) is 6.54 Å². The molecule has 100 valence electrons. The minimum Gasteiger partial charge on any atom is -0.312 e. The third kappa shape index (κ3) is 4.38. The maximum Gasteiger partial charge on any atom is 0.0406 e. The Morgan fingerprint density at radius 3 is 2.26 bits per heavy atom. The number of nitrogens with one attached hydrogen (secondary N) is 1. The summed E-state index contributed by atoms with van der Waals surface area (Å²) in [5.41, 5.74) is 5.37. The zero-order valence-electron chi connectivity index (χ0n) is 11.5. The summed E-state index contributed by atoms with van der Waals surface area (Å²) in [6.45, 7) is 6.21. The topological polar surface area (TPSA) is 12.0 Å². The average Bonchev–Trinajstić information content (AvgIpc) is 2.41. The van der Waals surface area contributed by atoms with E-state index < -0.39 is 0 Å². The maximum atomic E-state index is 5.86. The normalized spacial score (nSPS) is 10.7. The minimum absolute atomic E-state index is 0.798. The Morgan fingerprint density at radius 2 is 1.58 bits per heavy atom. The van der Waals surface area contributed by atoms with Gasteiger partial charge in [-0.05, 0) is 61.2 Å². The Labute approximate surface area is 120 Å². The van der Waals surface area contributed by atoms with Gasteiger partial charge in [0.15, 0.2) is 0 Å². The van der Waals surface area contributed by atoms with Crippen LogP contribution in [-0.2, 0) is 13.0 Å². The molecule has 0 bridgehead atoms. The summed E-state index contributed by atoms with van der Waals surface area (Å²) in [7, 11) is 0. The Hall–Kier alpha value is -1.31. The van der Waals surface area contributed by atoms with Crippen LogP contribution in [0.4, 0.5) is 0 Å². The molecule has 0 aliphatic carbocycles. The first-order chi connectivity index (χ1) is 9.15. The van der Waals surface area contributed by atoms with E-state index in [1.54, 1.807) is 0 Å². The first kappa shape index (κ1) is 14.1. The Morgan fingerprint density at radius 1 is 0.895 bits per heavy atom. The van der Waals surface area contributed by atoms with Gasteiger partial charge in [0.2, 0.25) is 0 Å². The smallest absolute Gasteiger partial charge is 0.0406 e. The second-order valence-corrected chi connectivity index (χ2v) is 5.41. The molecular formula is C17H20ClN. The summed E-state index contributed by atoms with van der Waals surface area (Å²) >= 11 is 5.86. The molecule has 2 rings (SSSR count). The predicted octanol–water partition coefficient (Wildman–Crippen LogP) is 4.29. The van der Waals surface area contributed by atoms with E-state index in [1.165, 1.54) is 22.3 Å². The first-order valence-electron chi connectivity index (χ1n) is 6.66. The Bertz CT molecular complexity index is 531. The van der Waals surface area contributed by atoms with Gasteiger partial charge in [-0.3, -0.25) is 0 Å². The molecule has 0 heterocycles. The lowest BCUT2D eigenvalue weighted by atomic mass is 10.1. The number of hydrogen-bond acceptors (Lipinski definition) is 1. The molecule has 0 amide bonds. The van der Waals surface area contributed by atoms with E-state index in [1.807, 2.05) is 12.1 Å². The highest BCUT2D eigenvalue weighted by Gasteiger charge is 1.97. The molecule has 2 aromatic carbocycles. The number of aryl methyl sites for hydroxylation is 2. The van der Waals surface area contributed by atoms with Crippen LogP contribution >= 0.6 is 11.6 Å². The van der Waals surface area contributed by atoms with Crippen LogP contribution in [0.2, 0.25) is 5.02 Å². The van der Waals surface area contributed by atoms with Gasteiger partial charge in [-0.15, -0.1) is 0 Å². The van der Waals surface area contributed by atoms with Crippen molar-refractivity contribution < 1.29 is 0 Å². The van der Waals surface area contributed by atoms with Crippen LogP contribution in [0.15, 0.2) is 42.5 Å². The Kier molecular flexibility index (Phi) is 5.00. The monoisotopic (exact) mass is 273 g/mol. The third-order valence-corrected chi connectivity index (χ3v) is 3.66. The molecule has 0 radical (unpaired) electrons. The molecule has 0 aliphatic rings. The second-order valence-electron chi connectivity index (χ2n) is 4.97. The molecule has 0 fully saturated rings. The second kappa shape index (κ2) is 6.74. The van der Waals surface area contributed by atoms with Crippen LogP contribution in [0.5, 0.6) is 0 Å².